The van der Waals surface area contributed by atoms with Crippen LogP contribution in [0.3, 0.4) is 0 Å². The molecular weight excluding hydrogens is 488 g/mol. The first-order valence-electron chi connectivity index (χ1n) is 17.1. The Morgan fingerprint density at radius 1 is 0.462 bits per heavy atom. The molecule has 0 fully saturated rings. The van der Waals surface area contributed by atoms with E-state index in [0.717, 1.165) is 19.3 Å². The number of hydrogen-bond donors (Lipinski definition) is 3. The molecule has 0 saturated heterocycles. The number of rotatable bonds is 32. The van der Waals surface area contributed by atoms with Crippen LogP contribution < -0.4 is 0 Å². The van der Waals surface area contributed by atoms with Crippen molar-refractivity contribution in [2.24, 2.45) is 5.41 Å². The molecule has 234 valence electrons. The fraction of sp³-hybridized carbons (Fsp3) is 0.971. The summed E-state index contributed by atoms with van der Waals surface area (Å²) in [5.74, 6) is -0.320. The first kappa shape index (κ1) is 38.4. The van der Waals surface area contributed by atoms with Crippen LogP contribution in [-0.2, 0) is 9.53 Å². The monoisotopic (exact) mass is 557 g/mol. The maximum atomic E-state index is 11.8. The highest BCUT2D eigenvalue weighted by Crippen LogP contribution is 2.17. The van der Waals surface area contributed by atoms with Crippen LogP contribution in [-0.4, -0.2) is 47.7 Å². The molecule has 3 N–H and O–H groups in total. The molecule has 0 aromatic rings. The van der Waals surface area contributed by atoms with Gasteiger partial charge >= 0.3 is 5.97 Å². The van der Waals surface area contributed by atoms with Gasteiger partial charge in [0.25, 0.3) is 0 Å². The van der Waals surface area contributed by atoms with Gasteiger partial charge in [0.05, 0.1) is 25.2 Å². The minimum atomic E-state index is -1.14. The van der Waals surface area contributed by atoms with Crippen molar-refractivity contribution in [2.45, 2.75) is 180 Å². The Kier molecular flexibility index (Phi) is 29.8. The summed E-state index contributed by atoms with van der Waals surface area (Å²) in [5.41, 5.74) is -1.14. The van der Waals surface area contributed by atoms with Gasteiger partial charge in [0.1, 0.15) is 6.61 Å². The summed E-state index contributed by atoms with van der Waals surface area (Å²) in [6.45, 7) is 0.917. The molecule has 0 aromatic carbocycles. The fourth-order valence-corrected chi connectivity index (χ4v) is 5.18. The predicted octanol–water partition coefficient (Wildman–Crippen LogP) is 9.05. The number of carbonyl (C=O) groups is 1. The van der Waals surface area contributed by atoms with Crippen molar-refractivity contribution in [1.82, 2.24) is 0 Å². The Morgan fingerprint density at radius 3 is 0.974 bits per heavy atom. The number of aliphatic hydroxyl groups is 3. The van der Waals surface area contributed by atoms with Crippen LogP contribution in [0.15, 0.2) is 0 Å². The topological polar surface area (TPSA) is 87.0 Å². The van der Waals surface area contributed by atoms with Crippen LogP contribution >= 0.6 is 0 Å². The minimum absolute atomic E-state index is 0.144. The molecule has 0 heterocycles. The van der Waals surface area contributed by atoms with Gasteiger partial charge in [-0.2, -0.15) is 0 Å². The molecule has 0 rings (SSSR count). The standard InChI is InChI=1S/C34H68O5/c1-2-3-4-5-6-7-8-9-10-11-12-13-14-15-16-17-18-19-20-21-22-23-24-25-26-27-28-33(38)39-32-34(29-35,30-36)31-37/h35-37H,2-32H2,1H3. The van der Waals surface area contributed by atoms with Crippen LogP contribution in [0.1, 0.15) is 180 Å². The first-order valence-corrected chi connectivity index (χ1v) is 17.1. The van der Waals surface area contributed by atoms with E-state index in [-0.39, 0.29) is 12.6 Å². The second kappa shape index (κ2) is 30.3. The van der Waals surface area contributed by atoms with Crippen molar-refractivity contribution >= 4 is 5.97 Å². The van der Waals surface area contributed by atoms with E-state index in [1.165, 1.54) is 148 Å². The van der Waals surface area contributed by atoms with Gasteiger partial charge in [-0.1, -0.05) is 167 Å². The summed E-state index contributed by atoms with van der Waals surface area (Å²) in [5, 5.41) is 27.8. The van der Waals surface area contributed by atoms with Crippen molar-refractivity contribution in [3.05, 3.63) is 0 Å². The molecule has 5 heteroatoms. The minimum Gasteiger partial charge on any atom is -0.465 e. The largest absolute Gasteiger partial charge is 0.465 e. The molecule has 0 bridgehead atoms. The first-order chi connectivity index (χ1) is 19.1. The molecule has 0 aliphatic heterocycles. The van der Waals surface area contributed by atoms with E-state index in [1.54, 1.807) is 0 Å². The zero-order valence-corrected chi connectivity index (χ0v) is 26.1. The quantitative estimate of drug-likeness (QED) is 0.0568. The molecule has 0 aliphatic carbocycles. The van der Waals surface area contributed by atoms with E-state index in [1.807, 2.05) is 0 Å². The third-order valence-corrected chi connectivity index (χ3v) is 8.28. The summed E-state index contributed by atoms with van der Waals surface area (Å²) < 4.78 is 5.12. The average Bonchev–Trinajstić information content (AvgIpc) is 2.96. The van der Waals surface area contributed by atoms with Gasteiger partial charge in [-0.05, 0) is 6.42 Å². The van der Waals surface area contributed by atoms with Crippen molar-refractivity contribution in [3.8, 4) is 0 Å². The van der Waals surface area contributed by atoms with Gasteiger partial charge in [0, 0.05) is 6.42 Å². The lowest BCUT2D eigenvalue weighted by atomic mass is 9.93. The Balaban J connectivity index is 3.22. The van der Waals surface area contributed by atoms with Gasteiger partial charge in [-0.3, -0.25) is 4.79 Å². The van der Waals surface area contributed by atoms with Crippen LogP contribution in [0.4, 0.5) is 0 Å². The number of aliphatic hydroxyl groups excluding tert-OH is 3. The molecular formula is C34H68O5. The second-order valence-electron chi connectivity index (χ2n) is 12.2. The number of hydrogen-bond acceptors (Lipinski definition) is 5. The third-order valence-electron chi connectivity index (χ3n) is 8.28. The predicted molar refractivity (Wildman–Crippen MR) is 165 cm³/mol. The van der Waals surface area contributed by atoms with Crippen molar-refractivity contribution in [2.75, 3.05) is 26.4 Å². The van der Waals surface area contributed by atoms with E-state index in [9.17, 15) is 20.1 Å². The molecule has 0 radical (unpaired) electrons. The number of carbonyl (C=O) groups excluding carboxylic acids is 1. The van der Waals surface area contributed by atoms with Crippen LogP contribution in [0.5, 0.6) is 0 Å². The molecule has 0 saturated carbocycles. The molecule has 0 atom stereocenters. The number of ether oxygens (including phenoxy) is 1. The lowest BCUT2D eigenvalue weighted by Gasteiger charge is -2.26. The smallest absolute Gasteiger partial charge is 0.305 e. The van der Waals surface area contributed by atoms with Crippen LogP contribution in [0.25, 0.3) is 0 Å². The maximum absolute atomic E-state index is 11.8. The van der Waals surface area contributed by atoms with E-state index in [2.05, 4.69) is 6.92 Å². The average molecular weight is 557 g/mol. The van der Waals surface area contributed by atoms with Gasteiger partial charge in [-0.15, -0.1) is 0 Å². The maximum Gasteiger partial charge on any atom is 0.305 e. The SMILES string of the molecule is CCCCCCCCCCCCCCCCCCCCCCCCCCCCC(=O)OCC(CO)(CO)CO. The summed E-state index contributed by atoms with van der Waals surface area (Å²) in [6, 6.07) is 0. The van der Waals surface area contributed by atoms with Gasteiger partial charge < -0.3 is 20.1 Å². The summed E-state index contributed by atoms with van der Waals surface area (Å²) >= 11 is 0. The highest BCUT2D eigenvalue weighted by molar-refractivity contribution is 5.69. The van der Waals surface area contributed by atoms with Gasteiger partial charge in [0.2, 0.25) is 0 Å². The normalized spacial score (nSPS) is 11.8. The Labute approximate surface area is 242 Å². The molecule has 5 nitrogen and oxygen atoms in total. The Morgan fingerprint density at radius 2 is 0.718 bits per heavy atom. The molecule has 0 aliphatic rings. The van der Waals surface area contributed by atoms with E-state index < -0.39 is 25.2 Å². The lowest BCUT2D eigenvalue weighted by molar-refractivity contribution is -0.151. The summed E-state index contributed by atoms with van der Waals surface area (Å²) in [4.78, 5) is 11.8. The molecule has 39 heavy (non-hydrogen) atoms. The summed E-state index contributed by atoms with van der Waals surface area (Å²) in [6.07, 6.45) is 35.8. The molecule has 0 aromatic heterocycles. The van der Waals surface area contributed by atoms with Crippen molar-refractivity contribution in [1.29, 1.82) is 0 Å². The Bertz CT molecular complexity index is 484. The van der Waals surface area contributed by atoms with Crippen LogP contribution in [0, 0.1) is 5.41 Å². The van der Waals surface area contributed by atoms with E-state index in [0.29, 0.717) is 6.42 Å². The van der Waals surface area contributed by atoms with Gasteiger partial charge in [0.15, 0.2) is 0 Å². The molecule has 0 amide bonds. The lowest BCUT2D eigenvalue weighted by Crippen LogP contribution is -2.39. The molecule has 0 spiro atoms. The summed E-state index contributed by atoms with van der Waals surface area (Å²) in [7, 11) is 0. The van der Waals surface area contributed by atoms with Crippen molar-refractivity contribution < 1.29 is 24.9 Å². The van der Waals surface area contributed by atoms with Gasteiger partial charge in [-0.25, -0.2) is 0 Å². The zero-order chi connectivity index (χ0) is 28.7. The van der Waals surface area contributed by atoms with E-state index >= 15 is 0 Å². The second-order valence-corrected chi connectivity index (χ2v) is 12.2. The highest BCUT2D eigenvalue weighted by atomic mass is 16.5. The number of esters is 1. The fourth-order valence-electron chi connectivity index (χ4n) is 5.18. The van der Waals surface area contributed by atoms with Crippen LogP contribution in [0.2, 0.25) is 0 Å². The Hall–Kier alpha value is -0.650. The van der Waals surface area contributed by atoms with E-state index in [4.69, 9.17) is 4.74 Å². The zero-order valence-electron chi connectivity index (χ0n) is 26.1. The molecule has 0 unspecified atom stereocenters. The van der Waals surface area contributed by atoms with Crippen molar-refractivity contribution in [3.63, 3.8) is 0 Å². The highest BCUT2D eigenvalue weighted by Gasteiger charge is 2.30. The number of unbranched alkanes of at least 4 members (excludes halogenated alkanes) is 25. The third kappa shape index (κ3) is 26.0.